The zero-order chi connectivity index (χ0) is 20.8. The van der Waals surface area contributed by atoms with Gasteiger partial charge in [-0.3, -0.25) is 14.4 Å². The van der Waals surface area contributed by atoms with E-state index in [0.717, 1.165) is 28.1 Å². The minimum absolute atomic E-state index is 0.0388. The highest BCUT2D eigenvalue weighted by atomic mass is 16.5. The summed E-state index contributed by atoms with van der Waals surface area (Å²) in [4.78, 5) is 25.5. The number of pyridine rings is 1. The van der Waals surface area contributed by atoms with Crippen molar-refractivity contribution in [1.29, 1.82) is 0 Å². The van der Waals surface area contributed by atoms with E-state index in [-0.39, 0.29) is 12.2 Å². The highest BCUT2D eigenvalue weighted by Crippen LogP contribution is 2.35. The molecule has 30 heavy (non-hydrogen) atoms. The first-order valence-electron chi connectivity index (χ1n) is 9.88. The Morgan fingerprint density at radius 1 is 1.20 bits per heavy atom. The molecule has 8 nitrogen and oxygen atoms in total. The van der Waals surface area contributed by atoms with E-state index in [2.05, 4.69) is 15.3 Å². The Balaban J connectivity index is 1.43. The number of aromatic nitrogens is 3. The molecule has 2 aliphatic rings. The van der Waals surface area contributed by atoms with E-state index in [0.29, 0.717) is 18.3 Å². The van der Waals surface area contributed by atoms with Gasteiger partial charge in [-0.1, -0.05) is 0 Å². The van der Waals surface area contributed by atoms with Gasteiger partial charge >= 0.3 is 12.0 Å². The van der Waals surface area contributed by atoms with Crippen LogP contribution in [0.25, 0.3) is 11.2 Å². The molecule has 1 saturated heterocycles. The molecule has 2 amide bonds. The van der Waals surface area contributed by atoms with Crippen molar-refractivity contribution >= 4 is 22.9 Å². The molecule has 5 rings (SSSR count). The predicted molar refractivity (Wildman–Crippen MR) is 114 cm³/mol. The molecule has 4 heterocycles. The number of dihydropyridines is 1. The standard InChI is InChI=1S/C22H22N6O2/c1-4-27-18-14(2)11-13-24-20(18)28(22(27)29)15-7-9-16(10-8-15)30-21-25-17-6-5-12-23-19(17)26(21)3/h5-13,20,24H,4H2,1-3H3. The van der Waals surface area contributed by atoms with Crippen molar-refractivity contribution in [3.8, 4) is 11.8 Å². The van der Waals surface area contributed by atoms with Crippen molar-refractivity contribution in [2.24, 2.45) is 7.05 Å². The van der Waals surface area contributed by atoms with E-state index >= 15 is 0 Å². The van der Waals surface area contributed by atoms with Gasteiger partial charge in [0.25, 0.3) is 0 Å². The number of nitrogens with one attached hydrogen (secondary N) is 1. The molecule has 2 aromatic heterocycles. The maximum absolute atomic E-state index is 13.1. The number of amides is 2. The molecule has 0 bridgehead atoms. The second-order valence-electron chi connectivity index (χ2n) is 7.26. The number of carbonyl (C=O) groups is 1. The molecule has 1 unspecified atom stereocenters. The van der Waals surface area contributed by atoms with Crippen LogP contribution in [0.5, 0.6) is 11.8 Å². The Bertz CT molecular complexity index is 1190. The first-order chi connectivity index (χ1) is 14.6. The third kappa shape index (κ3) is 2.72. The number of hydrogen-bond acceptors (Lipinski definition) is 5. The molecule has 0 radical (unpaired) electrons. The molecule has 1 atom stereocenters. The fourth-order valence-electron chi connectivity index (χ4n) is 3.98. The number of imidazole rings is 1. The summed E-state index contributed by atoms with van der Waals surface area (Å²) < 4.78 is 7.78. The molecular weight excluding hydrogens is 380 g/mol. The van der Waals surface area contributed by atoms with Crippen LogP contribution in [0.3, 0.4) is 0 Å². The number of benzene rings is 1. The number of likely N-dealkylation sites (N-methyl/N-ethyl adjacent to an activating group) is 1. The quantitative estimate of drug-likeness (QED) is 0.720. The molecule has 3 aromatic rings. The first-order valence-corrected chi connectivity index (χ1v) is 9.88. The topological polar surface area (TPSA) is 75.5 Å². The monoisotopic (exact) mass is 402 g/mol. The number of urea groups is 1. The van der Waals surface area contributed by atoms with Gasteiger partial charge in [0.15, 0.2) is 5.65 Å². The van der Waals surface area contributed by atoms with Gasteiger partial charge in [-0.2, -0.15) is 4.98 Å². The first kappa shape index (κ1) is 18.2. The number of nitrogens with zero attached hydrogens (tertiary/aromatic N) is 5. The molecule has 152 valence electrons. The summed E-state index contributed by atoms with van der Waals surface area (Å²) in [5.41, 5.74) is 4.43. The number of rotatable bonds is 4. The zero-order valence-electron chi connectivity index (χ0n) is 17.0. The molecule has 8 heteroatoms. The van der Waals surface area contributed by atoms with Crippen LogP contribution < -0.4 is 15.0 Å². The number of aryl methyl sites for hydroxylation is 1. The summed E-state index contributed by atoms with van der Waals surface area (Å²) in [5.74, 6) is 0.639. The van der Waals surface area contributed by atoms with Gasteiger partial charge < -0.3 is 10.1 Å². The third-order valence-corrected chi connectivity index (χ3v) is 5.46. The second-order valence-corrected chi connectivity index (χ2v) is 7.26. The van der Waals surface area contributed by atoms with Gasteiger partial charge in [-0.15, -0.1) is 0 Å². The molecular formula is C22H22N6O2. The van der Waals surface area contributed by atoms with Crippen LogP contribution in [0.1, 0.15) is 13.8 Å². The maximum atomic E-state index is 13.1. The predicted octanol–water partition coefficient (Wildman–Crippen LogP) is 3.74. The average Bonchev–Trinajstić information content (AvgIpc) is 3.23. The summed E-state index contributed by atoms with van der Waals surface area (Å²) in [6.07, 6.45) is 5.41. The second kappa shape index (κ2) is 6.91. The molecule has 0 spiro atoms. The number of hydrogen-bond donors (Lipinski definition) is 1. The highest BCUT2D eigenvalue weighted by Gasteiger charge is 2.43. The van der Waals surface area contributed by atoms with E-state index in [1.54, 1.807) is 11.1 Å². The largest absolute Gasteiger partial charge is 0.425 e. The maximum Gasteiger partial charge on any atom is 0.330 e. The van der Waals surface area contributed by atoms with Crippen LogP contribution in [0.2, 0.25) is 0 Å². The summed E-state index contributed by atoms with van der Waals surface area (Å²) in [7, 11) is 1.87. The molecule has 0 saturated carbocycles. The fourth-order valence-corrected chi connectivity index (χ4v) is 3.98. The van der Waals surface area contributed by atoms with Gasteiger partial charge in [0.2, 0.25) is 0 Å². The summed E-state index contributed by atoms with van der Waals surface area (Å²) >= 11 is 0. The minimum atomic E-state index is -0.208. The number of carbonyl (C=O) groups excluding carboxylic acids is 1. The normalized spacial score (nSPS) is 18.2. The highest BCUT2D eigenvalue weighted by molar-refractivity contribution is 5.98. The van der Waals surface area contributed by atoms with Crippen molar-refractivity contribution in [3.05, 3.63) is 66.1 Å². The Kier molecular flexibility index (Phi) is 4.20. The van der Waals surface area contributed by atoms with E-state index in [1.165, 1.54) is 0 Å². The Morgan fingerprint density at radius 2 is 2.00 bits per heavy atom. The van der Waals surface area contributed by atoms with Crippen LogP contribution in [0, 0.1) is 0 Å². The van der Waals surface area contributed by atoms with Crippen LogP contribution in [-0.2, 0) is 7.05 Å². The van der Waals surface area contributed by atoms with Gasteiger partial charge in [0.1, 0.15) is 17.4 Å². The van der Waals surface area contributed by atoms with Gasteiger partial charge in [-0.25, -0.2) is 9.78 Å². The lowest BCUT2D eigenvalue weighted by Crippen LogP contribution is -2.42. The van der Waals surface area contributed by atoms with Gasteiger partial charge in [0, 0.05) is 25.5 Å². The molecule has 2 aliphatic heterocycles. The molecule has 1 fully saturated rings. The Morgan fingerprint density at radius 3 is 2.73 bits per heavy atom. The number of ether oxygens (including phenoxy) is 1. The lowest BCUT2D eigenvalue weighted by molar-refractivity contribution is 0.228. The Hall–Kier alpha value is -3.81. The van der Waals surface area contributed by atoms with Gasteiger partial charge in [0.05, 0.1) is 5.70 Å². The summed E-state index contributed by atoms with van der Waals surface area (Å²) in [6.45, 7) is 4.64. The van der Waals surface area contributed by atoms with Crippen molar-refractivity contribution < 1.29 is 9.53 Å². The van der Waals surface area contributed by atoms with E-state index in [1.807, 2.05) is 79.0 Å². The third-order valence-electron chi connectivity index (χ3n) is 5.46. The van der Waals surface area contributed by atoms with Crippen LogP contribution in [0.15, 0.2) is 66.1 Å². The van der Waals surface area contributed by atoms with E-state index in [9.17, 15) is 4.79 Å². The molecule has 1 N–H and O–H groups in total. The number of anilines is 1. The Labute approximate surface area is 174 Å². The number of fused-ring (bicyclic) bond motifs is 2. The molecule has 1 aromatic carbocycles. The smallest absolute Gasteiger partial charge is 0.330 e. The molecule has 0 aliphatic carbocycles. The number of allylic oxidation sites excluding steroid dienone is 2. The van der Waals surface area contributed by atoms with Crippen LogP contribution >= 0.6 is 0 Å². The minimum Gasteiger partial charge on any atom is -0.425 e. The van der Waals surface area contributed by atoms with Crippen molar-refractivity contribution in [1.82, 2.24) is 24.8 Å². The van der Waals surface area contributed by atoms with Crippen molar-refractivity contribution in [2.45, 2.75) is 20.0 Å². The SMILES string of the molecule is CCN1C(=O)N(c2ccc(Oc3nc4cccnc4n3C)cc2)C2NC=CC(C)=C21. The van der Waals surface area contributed by atoms with Gasteiger partial charge in [-0.05, 0) is 68.1 Å². The zero-order valence-corrected chi connectivity index (χ0v) is 17.0. The van der Waals surface area contributed by atoms with Crippen molar-refractivity contribution in [3.63, 3.8) is 0 Å². The lowest BCUT2D eigenvalue weighted by Gasteiger charge is -2.26. The fraction of sp³-hybridized carbons (Fsp3) is 0.227. The van der Waals surface area contributed by atoms with E-state index < -0.39 is 0 Å². The van der Waals surface area contributed by atoms with Crippen molar-refractivity contribution in [2.75, 3.05) is 11.4 Å². The summed E-state index contributed by atoms with van der Waals surface area (Å²) in [6, 6.07) is 11.6. The summed E-state index contributed by atoms with van der Waals surface area (Å²) in [5, 5.41) is 3.31. The van der Waals surface area contributed by atoms with Crippen LogP contribution in [0.4, 0.5) is 10.5 Å². The average molecular weight is 402 g/mol. The van der Waals surface area contributed by atoms with Crippen LogP contribution in [-0.4, -0.2) is 38.2 Å². The van der Waals surface area contributed by atoms with E-state index in [4.69, 9.17) is 4.74 Å². The lowest BCUT2D eigenvalue weighted by atomic mass is 10.1.